The van der Waals surface area contributed by atoms with Crippen molar-refractivity contribution in [1.29, 1.82) is 0 Å². The quantitative estimate of drug-likeness (QED) is 0.367. The number of carbonyl (C=O) groups excluding carboxylic acids is 2. The molecule has 0 radical (unpaired) electrons. The summed E-state index contributed by atoms with van der Waals surface area (Å²) in [5.74, 6) is 1.27. The Hall–Kier alpha value is -2.45. The average Bonchev–Trinajstić information content (AvgIpc) is 3.46. The topological polar surface area (TPSA) is 90.9 Å². The van der Waals surface area contributed by atoms with Gasteiger partial charge in [0.05, 0.1) is 10.6 Å². The maximum atomic E-state index is 12.8. The van der Waals surface area contributed by atoms with Crippen molar-refractivity contribution in [1.82, 2.24) is 14.8 Å². The van der Waals surface area contributed by atoms with E-state index < -0.39 is 0 Å². The number of Topliss-reactive ketones (excluding diaryl/α,β-unsaturated/α-hetero) is 1. The van der Waals surface area contributed by atoms with Crippen LogP contribution in [0.15, 0.2) is 46.9 Å². The van der Waals surface area contributed by atoms with Gasteiger partial charge in [-0.3, -0.25) is 9.59 Å². The molecule has 1 aromatic carbocycles. The molecule has 0 unspecified atom stereocenters. The summed E-state index contributed by atoms with van der Waals surface area (Å²) in [6, 6.07) is 12.0. The number of aromatic nitrogens is 3. The molecule has 1 amide bonds. The predicted molar refractivity (Wildman–Crippen MR) is 124 cm³/mol. The van der Waals surface area contributed by atoms with Crippen LogP contribution >= 0.6 is 23.1 Å². The number of ketones is 1. The van der Waals surface area contributed by atoms with Crippen LogP contribution in [0.4, 0.5) is 0 Å². The molecule has 0 spiro atoms. The van der Waals surface area contributed by atoms with Crippen LogP contribution in [0.25, 0.3) is 10.7 Å². The molecule has 2 aromatic heterocycles. The minimum atomic E-state index is -0.379. The smallest absolute Gasteiger partial charge is 0.219 e. The second-order valence-corrected chi connectivity index (χ2v) is 9.71. The summed E-state index contributed by atoms with van der Waals surface area (Å²) < 4.78 is 1.88. The summed E-state index contributed by atoms with van der Waals surface area (Å²) in [6.45, 7) is 0.391. The number of nitrogens with two attached hydrogens (primary N) is 1. The normalized spacial score (nSPS) is 14.6. The van der Waals surface area contributed by atoms with E-state index in [9.17, 15) is 9.59 Å². The van der Waals surface area contributed by atoms with E-state index in [-0.39, 0.29) is 23.9 Å². The van der Waals surface area contributed by atoms with Gasteiger partial charge in [-0.1, -0.05) is 61.4 Å². The Balaban J connectivity index is 1.43. The molecule has 4 rings (SSSR count). The van der Waals surface area contributed by atoms with Crippen LogP contribution in [0.1, 0.15) is 60.4 Å². The summed E-state index contributed by atoms with van der Waals surface area (Å²) >= 11 is 2.90. The van der Waals surface area contributed by atoms with Crippen molar-refractivity contribution in [3.8, 4) is 10.7 Å². The van der Waals surface area contributed by atoms with Crippen molar-refractivity contribution in [2.75, 3.05) is 5.75 Å². The minimum absolute atomic E-state index is 0.0577. The minimum Gasteiger partial charge on any atom is -0.370 e. The second kappa shape index (κ2) is 10.2. The van der Waals surface area contributed by atoms with Crippen molar-refractivity contribution in [3.05, 3.63) is 52.9 Å². The fraction of sp³-hybridized carbons (Fsp3) is 0.391. The molecule has 6 nitrogen and oxygen atoms in total. The lowest BCUT2D eigenvalue weighted by Gasteiger charge is -2.22. The van der Waals surface area contributed by atoms with E-state index in [4.69, 9.17) is 5.73 Å². The van der Waals surface area contributed by atoms with Gasteiger partial charge >= 0.3 is 0 Å². The number of primary amides is 1. The van der Waals surface area contributed by atoms with Crippen LogP contribution in [0, 0.1) is 0 Å². The summed E-state index contributed by atoms with van der Waals surface area (Å²) in [4.78, 5) is 25.0. The molecule has 0 bridgehead atoms. The van der Waals surface area contributed by atoms with E-state index in [1.54, 1.807) is 11.3 Å². The molecular weight excluding hydrogens is 428 g/mol. The van der Waals surface area contributed by atoms with Crippen molar-refractivity contribution in [3.63, 3.8) is 0 Å². The third-order valence-corrected chi connectivity index (χ3v) is 7.51. The average molecular weight is 455 g/mol. The molecule has 0 atom stereocenters. The van der Waals surface area contributed by atoms with E-state index in [1.807, 2.05) is 34.2 Å². The standard InChI is InChI=1S/C23H26N4O2S2/c24-21(29)12-13-27-22(20-7-4-14-30-20)25-26-23(27)31-15-19(28)18-10-8-17(9-11-18)16-5-2-1-3-6-16/h4,7-11,14,16H,1-3,5-6,12-13,15H2,(H2,24,29). The molecule has 2 heterocycles. The van der Waals surface area contributed by atoms with E-state index in [0.29, 0.717) is 29.0 Å². The maximum Gasteiger partial charge on any atom is 0.219 e. The van der Waals surface area contributed by atoms with Gasteiger partial charge in [-0.15, -0.1) is 21.5 Å². The zero-order valence-corrected chi connectivity index (χ0v) is 19.0. The van der Waals surface area contributed by atoms with Crippen LogP contribution in [0.5, 0.6) is 0 Å². The van der Waals surface area contributed by atoms with E-state index in [0.717, 1.165) is 4.88 Å². The van der Waals surface area contributed by atoms with Crippen molar-refractivity contribution in [2.24, 2.45) is 5.73 Å². The third kappa shape index (κ3) is 5.43. The number of benzene rings is 1. The largest absolute Gasteiger partial charge is 0.370 e. The predicted octanol–water partition coefficient (Wildman–Crippen LogP) is 4.90. The highest BCUT2D eigenvalue weighted by Gasteiger charge is 2.19. The molecule has 1 aliphatic carbocycles. The Morgan fingerprint density at radius 1 is 1.10 bits per heavy atom. The molecule has 162 valence electrons. The molecule has 2 N–H and O–H groups in total. The van der Waals surface area contributed by atoms with Gasteiger partial charge in [0.25, 0.3) is 0 Å². The number of nitrogens with zero attached hydrogens (tertiary/aromatic N) is 3. The fourth-order valence-corrected chi connectivity index (χ4v) is 5.57. The Bertz CT molecular complexity index is 1020. The van der Waals surface area contributed by atoms with E-state index in [2.05, 4.69) is 22.3 Å². The molecule has 1 saturated carbocycles. The lowest BCUT2D eigenvalue weighted by Crippen LogP contribution is -2.15. The van der Waals surface area contributed by atoms with Crippen LogP contribution < -0.4 is 5.73 Å². The molecule has 1 fully saturated rings. The monoisotopic (exact) mass is 454 g/mol. The number of hydrogen-bond donors (Lipinski definition) is 1. The second-order valence-electron chi connectivity index (χ2n) is 7.82. The van der Waals surface area contributed by atoms with Crippen molar-refractivity contribution in [2.45, 2.75) is 56.1 Å². The van der Waals surface area contributed by atoms with Gasteiger partial charge in [-0.2, -0.15) is 0 Å². The summed E-state index contributed by atoms with van der Waals surface area (Å²) in [6.07, 6.45) is 6.62. The number of amides is 1. The SMILES string of the molecule is NC(=O)CCn1c(SCC(=O)c2ccc(C3CCCCC3)cc2)nnc1-c1cccs1. The van der Waals surface area contributed by atoms with E-state index >= 15 is 0 Å². The van der Waals surface area contributed by atoms with Gasteiger partial charge in [0.15, 0.2) is 16.8 Å². The van der Waals surface area contributed by atoms with Crippen molar-refractivity contribution >= 4 is 34.8 Å². The zero-order chi connectivity index (χ0) is 21.6. The summed E-state index contributed by atoms with van der Waals surface area (Å²) in [5.41, 5.74) is 7.40. The molecule has 8 heteroatoms. The molecule has 1 aliphatic rings. The first-order valence-electron chi connectivity index (χ1n) is 10.6. The number of hydrogen-bond acceptors (Lipinski definition) is 6. The van der Waals surface area contributed by atoms with Gasteiger partial charge in [0.2, 0.25) is 5.91 Å². The Kier molecular flexibility index (Phi) is 7.19. The highest BCUT2D eigenvalue weighted by molar-refractivity contribution is 7.99. The Morgan fingerprint density at radius 3 is 2.55 bits per heavy atom. The van der Waals surface area contributed by atoms with Gasteiger partial charge in [-0.25, -0.2) is 0 Å². The van der Waals surface area contributed by atoms with Crippen LogP contribution in [0.2, 0.25) is 0 Å². The molecule has 0 saturated heterocycles. The summed E-state index contributed by atoms with van der Waals surface area (Å²) in [7, 11) is 0. The zero-order valence-electron chi connectivity index (χ0n) is 17.3. The van der Waals surface area contributed by atoms with Gasteiger partial charge in [-0.05, 0) is 35.8 Å². The van der Waals surface area contributed by atoms with Gasteiger partial charge < -0.3 is 10.3 Å². The van der Waals surface area contributed by atoms with Gasteiger partial charge in [0, 0.05) is 18.5 Å². The first kappa shape index (κ1) is 21.8. The first-order valence-corrected chi connectivity index (χ1v) is 12.5. The Morgan fingerprint density at radius 2 is 1.87 bits per heavy atom. The van der Waals surface area contributed by atoms with Crippen molar-refractivity contribution < 1.29 is 9.59 Å². The number of thiophene rings is 1. The van der Waals surface area contributed by atoms with E-state index in [1.165, 1.54) is 49.4 Å². The van der Waals surface area contributed by atoms with Crippen LogP contribution in [0.3, 0.4) is 0 Å². The molecule has 3 aromatic rings. The number of thioether (sulfide) groups is 1. The fourth-order valence-electron chi connectivity index (χ4n) is 4.00. The maximum absolute atomic E-state index is 12.8. The van der Waals surface area contributed by atoms with Crippen LogP contribution in [-0.4, -0.2) is 32.2 Å². The van der Waals surface area contributed by atoms with Crippen LogP contribution in [-0.2, 0) is 11.3 Å². The highest BCUT2D eigenvalue weighted by Crippen LogP contribution is 2.33. The number of rotatable bonds is 9. The molecule has 31 heavy (non-hydrogen) atoms. The number of carbonyl (C=O) groups is 2. The lowest BCUT2D eigenvalue weighted by molar-refractivity contribution is -0.118. The Labute approximate surface area is 190 Å². The molecular formula is C23H26N4O2S2. The van der Waals surface area contributed by atoms with Gasteiger partial charge in [0.1, 0.15) is 0 Å². The molecule has 0 aliphatic heterocycles. The lowest BCUT2D eigenvalue weighted by atomic mass is 9.84. The highest BCUT2D eigenvalue weighted by atomic mass is 32.2. The first-order chi connectivity index (χ1) is 15.1. The summed E-state index contributed by atoms with van der Waals surface area (Å²) in [5, 5.41) is 11.1. The third-order valence-electron chi connectivity index (χ3n) is 5.68.